The molecule has 2 heteroatoms. The van der Waals surface area contributed by atoms with Crippen LogP contribution in [0, 0.1) is 5.92 Å². The van der Waals surface area contributed by atoms with Crippen LogP contribution in [-0.2, 0) is 0 Å². The van der Waals surface area contributed by atoms with E-state index in [1.807, 2.05) is 7.05 Å². The summed E-state index contributed by atoms with van der Waals surface area (Å²) in [6.45, 7) is 0. The number of hydrogen-bond acceptors (Lipinski definition) is 1. The lowest BCUT2D eigenvalue weighted by atomic mass is 9.84. The number of para-hydroxylation sites is 1. The van der Waals surface area contributed by atoms with Gasteiger partial charge in [-0.3, -0.25) is 4.99 Å². The molecule has 15 heavy (non-hydrogen) atoms. The van der Waals surface area contributed by atoms with Crippen LogP contribution in [0.25, 0.3) is 0 Å². The molecule has 1 aromatic rings. The molecule has 0 saturated heterocycles. The van der Waals surface area contributed by atoms with Gasteiger partial charge in [0.05, 0.1) is 0 Å². The SMILES string of the molecule is CN=C1Nc2ccccc2C2CCCC12. The zero-order chi connectivity index (χ0) is 10.3. The minimum atomic E-state index is 0.643. The smallest absolute Gasteiger partial charge is 0.104 e. The fraction of sp³-hybridized carbons (Fsp3) is 0.462. The minimum absolute atomic E-state index is 0.643. The largest absolute Gasteiger partial charge is 0.344 e. The summed E-state index contributed by atoms with van der Waals surface area (Å²) >= 11 is 0. The van der Waals surface area contributed by atoms with E-state index in [1.54, 1.807) is 0 Å². The lowest BCUT2D eigenvalue weighted by Crippen LogP contribution is -2.30. The Morgan fingerprint density at radius 1 is 1.20 bits per heavy atom. The van der Waals surface area contributed by atoms with Crippen molar-refractivity contribution in [1.29, 1.82) is 0 Å². The first-order chi connectivity index (χ1) is 7.40. The predicted molar refractivity (Wildman–Crippen MR) is 63.5 cm³/mol. The molecule has 1 aliphatic heterocycles. The monoisotopic (exact) mass is 200 g/mol. The Labute approximate surface area is 90.4 Å². The summed E-state index contributed by atoms with van der Waals surface area (Å²) in [5.41, 5.74) is 2.76. The average molecular weight is 200 g/mol. The maximum Gasteiger partial charge on any atom is 0.104 e. The van der Waals surface area contributed by atoms with Crippen molar-refractivity contribution in [2.24, 2.45) is 10.9 Å². The van der Waals surface area contributed by atoms with Crippen molar-refractivity contribution in [1.82, 2.24) is 0 Å². The number of nitrogens with zero attached hydrogens (tertiary/aromatic N) is 1. The van der Waals surface area contributed by atoms with Gasteiger partial charge in [-0.05, 0) is 30.4 Å². The Hall–Kier alpha value is -1.31. The summed E-state index contributed by atoms with van der Waals surface area (Å²) in [7, 11) is 1.89. The Morgan fingerprint density at radius 2 is 2.00 bits per heavy atom. The molecule has 0 bridgehead atoms. The highest BCUT2D eigenvalue weighted by molar-refractivity contribution is 6.00. The van der Waals surface area contributed by atoms with Gasteiger partial charge < -0.3 is 5.32 Å². The zero-order valence-electron chi connectivity index (χ0n) is 9.03. The number of anilines is 1. The first-order valence-corrected chi connectivity index (χ1v) is 5.73. The summed E-state index contributed by atoms with van der Waals surface area (Å²) in [5.74, 6) is 2.54. The topological polar surface area (TPSA) is 24.4 Å². The van der Waals surface area contributed by atoms with Crippen LogP contribution in [0.2, 0.25) is 0 Å². The van der Waals surface area contributed by atoms with E-state index < -0.39 is 0 Å². The standard InChI is InChI=1S/C13H16N2/c1-14-13-11-7-4-6-9(11)10-5-2-3-8-12(10)15-13/h2-3,5,8-9,11H,4,6-7H2,1H3,(H,14,15). The highest BCUT2D eigenvalue weighted by Crippen LogP contribution is 2.46. The summed E-state index contributed by atoms with van der Waals surface area (Å²) in [6, 6.07) is 8.66. The van der Waals surface area contributed by atoms with E-state index in [0.29, 0.717) is 11.8 Å². The van der Waals surface area contributed by atoms with Crippen molar-refractivity contribution in [2.75, 3.05) is 12.4 Å². The number of rotatable bonds is 0. The molecular formula is C13H16N2. The molecule has 1 saturated carbocycles. The van der Waals surface area contributed by atoms with Gasteiger partial charge in [-0.25, -0.2) is 0 Å². The predicted octanol–water partition coefficient (Wildman–Crippen LogP) is 3.02. The van der Waals surface area contributed by atoms with E-state index in [2.05, 4.69) is 34.6 Å². The molecule has 0 aromatic heterocycles. The minimum Gasteiger partial charge on any atom is -0.344 e. The van der Waals surface area contributed by atoms with Gasteiger partial charge in [0.1, 0.15) is 5.84 Å². The Bertz CT molecular complexity index is 409. The summed E-state index contributed by atoms with van der Waals surface area (Å²) in [4.78, 5) is 4.39. The quantitative estimate of drug-likeness (QED) is 0.684. The normalized spacial score (nSPS) is 30.9. The van der Waals surface area contributed by atoms with Gasteiger partial charge >= 0.3 is 0 Å². The Morgan fingerprint density at radius 3 is 2.87 bits per heavy atom. The summed E-state index contributed by atoms with van der Waals surface area (Å²) in [5, 5.41) is 3.47. The molecule has 2 nitrogen and oxygen atoms in total. The van der Waals surface area contributed by atoms with Crippen LogP contribution >= 0.6 is 0 Å². The molecule has 1 heterocycles. The van der Waals surface area contributed by atoms with E-state index in [9.17, 15) is 0 Å². The van der Waals surface area contributed by atoms with Gasteiger partial charge in [0, 0.05) is 18.7 Å². The van der Waals surface area contributed by atoms with Crippen LogP contribution < -0.4 is 5.32 Å². The fourth-order valence-electron chi connectivity index (χ4n) is 3.05. The molecule has 1 N–H and O–H groups in total. The maximum atomic E-state index is 4.39. The van der Waals surface area contributed by atoms with Crippen LogP contribution in [0.15, 0.2) is 29.3 Å². The molecule has 3 rings (SSSR count). The van der Waals surface area contributed by atoms with Crippen LogP contribution in [0.4, 0.5) is 5.69 Å². The third-order valence-electron chi connectivity index (χ3n) is 3.73. The van der Waals surface area contributed by atoms with E-state index >= 15 is 0 Å². The summed E-state index contributed by atoms with van der Waals surface area (Å²) < 4.78 is 0. The number of hydrogen-bond donors (Lipinski definition) is 1. The van der Waals surface area contributed by atoms with Crippen molar-refractivity contribution in [3.05, 3.63) is 29.8 Å². The van der Waals surface area contributed by atoms with E-state index in [-0.39, 0.29) is 0 Å². The molecule has 2 aliphatic rings. The van der Waals surface area contributed by atoms with Gasteiger partial charge in [-0.1, -0.05) is 24.6 Å². The van der Waals surface area contributed by atoms with Crippen molar-refractivity contribution < 1.29 is 0 Å². The average Bonchev–Trinajstić information content (AvgIpc) is 2.77. The van der Waals surface area contributed by atoms with E-state index in [0.717, 1.165) is 0 Å². The van der Waals surface area contributed by atoms with Crippen molar-refractivity contribution in [2.45, 2.75) is 25.2 Å². The van der Waals surface area contributed by atoms with Gasteiger partial charge in [-0.2, -0.15) is 0 Å². The molecule has 1 aromatic carbocycles. The van der Waals surface area contributed by atoms with Crippen LogP contribution in [0.5, 0.6) is 0 Å². The van der Waals surface area contributed by atoms with Crippen molar-refractivity contribution in [3.8, 4) is 0 Å². The molecule has 0 amide bonds. The lowest BCUT2D eigenvalue weighted by molar-refractivity contribution is 0.613. The third-order valence-corrected chi connectivity index (χ3v) is 3.73. The number of aliphatic imine (C=N–C) groups is 1. The molecule has 0 radical (unpaired) electrons. The first-order valence-electron chi connectivity index (χ1n) is 5.73. The van der Waals surface area contributed by atoms with E-state index in [4.69, 9.17) is 0 Å². The number of fused-ring (bicyclic) bond motifs is 3. The third kappa shape index (κ3) is 1.28. The number of benzene rings is 1. The lowest BCUT2D eigenvalue weighted by Gasteiger charge is -2.30. The highest BCUT2D eigenvalue weighted by Gasteiger charge is 2.36. The molecule has 1 fully saturated rings. The number of amidine groups is 1. The molecule has 78 valence electrons. The second-order valence-corrected chi connectivity index (χ2v) is 4.46. The van der Waals surface area contributed by atoms with Gasteiger partial charge in [-0.15, -0.1) is 0 Å². The second-order valence-electron chi connectivity index (χ2n) is 4.46. The second kappa shape index (κ2) is 3.37. The van der Waals surface area contributed by atoms with Crippen molar-refractivity contribution in [3.63, 3.8) is 0 Å². The zero-order valence-corrected chi connectivity index (χ0v) is 9.03. The molecule has 0 spiro atoms. The Balaban J connectivity index is 2.11. The fourth-order valence-corrected chi connectivity index (χ4v) is 3.05. The highest BCUT2D eigenvalue weighted by atomic mass is 15.0. The molecule has 2 atom stereocenters. The maximum absolute atomic E-state index is 4.39. The van der Waals surface area contributed by atoms with Gasteiger partial charge in [0.15, 0.2) is 0 Å². The van der Waals surface area contributed by atoms with Crippen molar-refractivity contribution >= 4 is 11.5 Å². The molecule has 1 aliphatic carbocycles. The summed E-state index contributed by atoms with van der Waals surface area (Å²) in [6.07, 6.45) is 3.95. The molecule has 2 unspecified atom stereocenters. The van der Waals surface area contributed by atoms with E-state index in [1.165, 1.54) is 36.3 Å². The molecular weight excluding hydrogens is 184 g/mol. The Kier molecular flexibility index (Phi) is 2.01. The van der Waals surface area contributed by atoms with Gasteiger partial charge in [0.25, 0.3) is 0 Å². The van der Waals surface area contributed by atoms with Crippen LogP contribution in [0.1, 0.15) is 30.7 Å². The van der Waals surface area contributed by atoms with Crippen LogP contribution in [-0.4, -0.2) is 12.9 Å². The van der Waals surface area contributed by atoms with Crippen LogP contribution in [0.3, 0.4) is 0 Å². The first kappa shape index (κ1) is 8.96. The number of nitrogens with one attached hydrogen (secondary N) is 1. The van der Waals surface area contributed by atoms with Gasteiger partial charge in [0.2, 0.25) is 0 Å².